The smallest absolute Gasteiger partial charge is 0.122 e. The zero-order valence-electron chi connectivity index (χ0n) is 10.3. The van der Waals surface area contributed by atoms with Gasteiger partial charge in [-0.2, -0.15) is 0 Å². The van der Waals surface area contributed by atoms with Gasteiger partial charge in [0, 0.05) is 6.54 Å². The van der Waals surface area contributed by atoms with Crippen molar-refractivity contribution in [2.75, 3.05) is 26.2 Å². The first-order chi connectivity index (χ1) is 7.77. The third kappa shape index (κ3) is 2.76. The van der Waals surface area contributed by atoms with Crippen LogP contribution in [0, 0.1) is 13.8 Å². The topological polar surface area (TPSA) is 12.5 Å². The van der Waals surface area contributed by atoms with Gasteiger partial charge in [-0.1, -0.05) is 12.1 Å². The van der Waals surface area contributed by atoms with Gasteiger partial charge in [0.2, 0.25) is 0 Å². The molecule has 1 aromatic carbocycles. The largest absolute Gasteiger partial charge is 0.492 e. The minimum Gasteiger partial charge on any atom is -0.492 e. The highest BCUT2D eigenvalue weighted by molar-refractivity contribution is 5.38. The van der Waals surface area contributed by atoms with E-state index in [1.165, 1.54) is 37.1 Å². The molecule has 0 amide bonds. The molecule has 1 aliphatic rings. The number of hydrogen-bond donors (Lipinski definition) is 0. The first kappa shape index (κ1) is 11.5. The molecule has 16 heavy (non-hydrogen) atoms. The van der Waals surface area contributed by atoms with E-state index in [4.69, 9.17) is 4.74 Å². The Balaban J connectivity index is 1.82. The van der Waals surface area contributed by atoms with Crippen LogP contribution in [0.3, 0.4) is 0 Å². The zero-order chi connectivity index (χ0) is 11.4. The monoisotopic (exact) mass is 219 g/mol. The van der Waals surface area contributed by atoms with Crippen molar-refractivity contribution >= 4 is 0 Å². The number of rotatable bonds is 4. The Labute approximate surface area is 98.2 Å². The van der Waals surface area contributed by atoms with Crippen LogP contribution >= 0.6 is 0 Å². The van der Waals surface area contributed by atoms with Crippen LogP contribution in [0.5, 0.6) is 5.75 Å². The Morgan fingerprint density at radius 3 is 2.69 bits per heavy atom. The molecule has 0 atom stereocenters. The molecule has 0 aromatic heterocycles. The first-order valence-corrected chi connectivity index (χ1v) is 6.19. The molecule has 2 nitrogen and oxygen atoms in total. The van der Waals surface area contributed by atoms with Gasteiger partial charge >= 0.3 is 0 Å². The lowest BCUT2D eigenvalue weighted by atomic mass is 10.1. The van der Waals surface area contributed by atoms with Gasteiger partial charge < -0.3 is 4.74 Å². The van der Waals surface area contributed by atoms with Crippen molar-refractivity contribution in [1.29, 1.82) is 0 Å². The van der Waals surface area contributed by atoms with Crippen molar-refractivity contribution in [3.05, 3.63) is 29.3 Å². The van der Waals surface area contributed by atoms with Crippen molar-refractivity contribution < 1.29 is 4.74 Å². The van der Waals surface area contributed by atoms with Crippen LogP contribution in [-0.2, 0) is 0 Å². The number of nitrogens with zero attached hydrogens (tertiary/aromatic N) is 1. The number of likely N-dealkylation sites (tertiary alicyclic amines) is 1. The second-order valence-corrected chi connectivity index (χ2v) is 4.60. The third-order valence-corrected chi connectivity index (χ3v) is 3.42. The second-order valence-electron chi connectivity index (χ2n) is 4.60. The fourth-order valence-electron chi connectivity index (χ4n) is 2.17. The molecular formula is C14H21NO. The number of aryl methyl sites for hydroxylation is 1. The van der Waals surface area contributed by atoms with Gasteiger partial charge in [0.1, 0.15) is 12.4 Å². The molecular weight excluding hydrogens is 198 g/mol. The normalized spacial score (nSPS) is 16.6. The molecule has 1 fully saturated rings. The molecule has 2 heteroatoms. The highest BCUT2D eigenvalue weighted by Gasteiger charge is 2.11. The van der Waals surface area contributed by atoms with Crippen molar-refractivity contribution in [3.8, 4) is 5.75 Å². The molecule has 88 valence electrons. The van der Waals surface area contributed by atoms with Crippen LogP contribution in [0.2, 0.25) is 0 Å². The SMILES string of the molecule is Cc1cccc(OCCN2CCCC2)c1C. The molecule has 0 radical (unpaired) electrons. The number of ether oxygens (including phenoxy) is 1. The Kier molecular flexibility index (Phi) is 3.83. The lowest BCUT2D eigenvalue weighted by Gasteiger charge is -2.16. The summed E-state index contributed by atoms with van der Waals surface area (Å²) in [6, 6.07) is 6.25. The zero-order valence-corrected chi connectivity index (χ0v) is 10.3. The minimum absolute atomic E-state index is 0.810. The summed E-state index contributed by atoms with van der Waals surface area (Å²) in [6.07, 6.45) is 2.70. The predicted molar refractivity (Wildman–Crippen MR) is 67.1 cm³/mol. The van der Waals surface area contributed by atoms with E-state index in [0.29, 0.717) is 0 Å². The highest BCUT2D eigenvalue weighted by Crippen LogP contribution is 2.20. The molecule has 0 N–H and O–H groups in total. The summed E-state index contributed by atoms with van der Waals surface area (Å²) < 4.78 is 5.84. The summed E-state index contributed by atoms with van der Waals surface area (Å²) in [6.45, 7) is 8.62. The molecule has 0 aliphatic carbocycles. The van der Waals surface area contributed by atoms with Crippen LogP contribution in [-0.4, -0.2) is 31.1 Å². The maximum absolute atomic E-state index is 5.84. The predicted octanol–water partition coefficient (Wildman–Crippen LogP) is 2.78. The van der Waals surface area contributed by atoms with E-state index in [0.717, 1.165) is 18.9 Å². The standard InChI is InChI=1S/C14H21NO/c1-12-6-5-7-14(13(12)2)16-11-10-15-8-3-4-9-15/h5-7H,3-4,8-11H2,1-2H3. The summed E-state index contributed by atoms with van der Waals surface area (Å²) in [5.74, 6) is 1.04. The van der Waals surface area contributed by atoms with E-state index in [2.05, 4.69) is 36.9 Å². The molecule has 0 spiro atoms. The Bertz CT molecular complexity index is 343. The number of benzene rings is 1. The molecule has 0 bridgehead atoms. The summed E-state index contributed by atoms with van der Waals surface area (Å²) in [5.41, 5.74) is 2.57. The van der Waals surface area contributed by atoms with E-state index >= 15 is 0 Å². The molecule has 1 aromatic rings. The Morgan fingerprint density at radius 1 is 1.19 bits per heavy atom. The maximum Gasteiger partial charge on any atom is 0.122 e. The van der Waals surface area contributed by atoms with E-state index in [1.54, 1.807) is 0 Å². The lowest BCUT2D eigenvalue weighted by molar-refractivity contribution is 0.237. The summed E-state index contributed by atoms with van der Waals surface area (Å²) in [4.78, 5) is 2.48. The lowest BCUT2D eigenvalue weighted by Crippen LogP contribution is -2.25. The molecule has 2 rings (SSSR count). The molecule has 1 heterocycles. The maximum atomic E-state index is 5.84. The van der Waals surface area contributed by atoms with Gasteiger partial charge in [0.05, 0.1) is 0 Å². The highest BCUT2D eigenvalue weighted by atomic mass is 16.5. The third-order valence-electron chi connectivity index (χ3n) is 3.42. The van der Waals surface area contributed by atoms with E-state index < -0.39 is 0 Å². The van der Waals surface area contributed by atoms with Crippen molar-refractivity contribution in [1.82, 2.24) is 4.90 Å². The van der Waals surface area contributed by atoms with Crippen LogP contribution in [0.4, 0.5) is 0 Å². The van der Waals surface area contributed by atoms with Crippen molar-refractivity contribution in [3.63, 3.8) is 0 Å². The van der Waals surface area contributed by atoms with Crippen LogP contribution < -0.4 is 4.74 Å². The van der Waals surface area contributed by atoms with Gasteiger partial charge in [0.15, 0.2) is 0 Å². The van der Waals surface area contributed by atoms with Crippen molar-refractivity contribution in [2.45, 2.75) is 26.7 Å². The van der Waals surface area contributed by atoms with E-state index in [-0.39, 0.29) is 0 Å². The Hall–Kier alpha value is -1.02. The summed E-state index contributed by atoms with van der Waals surface area (Å²) in [7, 11) is 0. The van der Waals surface area contributed by atoms with Crippen LogP contribution in [0.1, 0.15) is 24.0 Å². The molecule has 0 unspecified atom stereocenters. The average molecular weight is 219 g/mol. The molecule has 1 saturated heterocycles. The fraction of sp³-hybridized carbons (Fsp3) is 0.571. The second kappa shape index (κ2) is 5.35. The summed E-state index contributed by atoms with van der Waals surface area (Å²) in [5, 5.41) is 0. The van der Waals surface area contributed by atoms with Gasteiger partial charge in [-0.25, -0.2) is 0 Å². The van der Waals surface area contributed by atoms with Crippen LogP contribution in [0.15, 0.2) is 18.2 Å². The van der Waals surface area contributed by atoms with Crippen molar-refractivity contribution in [2.24, 2.45) is 0 Å². The van der Waals surface area contributed by atoms with Crippen LogP contribution in [0.25, 0.3) is 0 Å². The quantitative estimate of drug-likeness (QED) is 0.772. The van der Waals surface area contributed by atoms with E-state index in [9.17, 15) is 0 Å². The van der Waals surface area contributed by atoms with Gasteiger partial charge in [0.25, 0.3) is 0 Å². The first-order valence-electron chi connectivity index (χ1n) is 6.19. The van der Waals surface area contributed by atoms with Gasteiger partial charge in [-0.3, -0.25) is 4.90 Å². The van der Waals surface area contributed by atoms with Gasteiger partial charge in [-0.15, -0.1) is 0 Å². The Morgan fingerprint density at radius 2 is 1.94 bits per heavy atom. The number of hydrogen-bond acceptors (Lipinski definition) is 2. The average Bonchev–Trinajstić information content (AvgIpc) is 2.77. The fourth-order valence-corrected chi connectivity index (χ4v) is 2.17. The van der Waals surface area contributed by atoms with Gasteiger partial charge in [-0.05, 0) is 57.0 Å². The summed E-state index contributed by atoms with van der Waals surface area (Å²) >= 11 is 0. The minimum atomic E-state index is 0.810. The molecule has 0 saturated carbocycles. The van der Waals surface area contributed by atoms with E-state index in [1.807, 2.05) is 0 Å². The molecule has 1 aliphatic heterocycles.